The van der Waals surface area contributed by atoms with Crippen molar-refractivity contribution in [2.24, 2.45) is 0 Å². The zero-order chi connectivity index (χ0) is 21.1. The normalized spacial score (nSPS) is 14.6. The first-order valence-electron chi connectivity index (χ1n) is 10.5. The van der Waals surface area contributed by atoms with Crippen molar-refractivity contribution in [1.29, 1.82) is 0 Å². The summed E-state index contributed by atoms with van der Waals surface area (Å²) in [6.45, 7) is 0.477. The van der Waals surface area contributed by atoms with Crippen molar-refractivity contribution in [1.82, 2.24) is 15.2 Å². The van der Waals surface area contributed by atoms with Crippen LogP contribution in [0.5, 0.6) is 0 Å². The summed E-state index contributed by atoms with van der Waals surface area (Å²) in [5.41, 5.74) is 2.59. The number of carbonyl (C=O) groups excluding carboxylic acids is 2. The highest BCUT2D eigenvalue weighted by Crippen LogP contribution is 2.26. The van der Waals surface area contributed by atoms with Gasteiger partial charge in [0.05, 0.1) is 11.1 Å². The molecule has 30 heavy (non-hydrogen) atoms. The molecule has 6 heteroatoms. The summed E-state index contributed by atoms with van der Waals surface area (Å²) in [5.74, 6) is -0.752. The van der Waals surface area contributed by atoms with Crippen molar-refractivity contribution in [3.8, 4) is 0 Å². The molecule has 2 aromatic carbocycles. The van der Waals surface area contributed by atoms with E-state index in [0.717, 1.165) is 31.2 Å². The Hall–Kier alpha value is -3.15. The van der Waals surface area contributed by atoms with E-state index in [0.29, 0.717) is 28.6 Å². The number of hydrogen-bond acceptors (Lipinski definition) is 2. The van der Waals surface area contributed by atoms with E-state index in [2.05, 4.69) is 10.6 Å². The zero-order valence-corrected chi connectivity index (χ0v) is 17.1. The molecule has 0 atom stereocenters. The first kappa shape index (κ1) is 20.1. The number of fused-ring (bicyclic) bond motifs is 1. The molecule has 1 fully saturated rings. The summed E-state index contributed by atoms with van der Waals surface area (Å²) in [6, 6.07) is 12.3. The summed E-state index contributed by atoms with van der Waals surface area (Å²) < 4.78 is 16.6. The Labute approximate surface area is 175 Å². The standard InChI is InChI=1S/C24H26FN3O2/c1-26-23(29)17-12-10-16(11-13-17)14-28-15-19(22-20(25)8-5-9-21(22)28)24(30)27-18-6-3-2-4-7-18/h5,8-13,15,18H,2-4,6-7,14H2,1H3,(H,26,29)(H,27,30). The first-order valence-corrected chi connectivity index (χ1v) is 10.5. The fraction of sp³-hybridized carbons (Fsp3) is 0.333. The van der Waals surface area contributed by atoms with Gasteiger partial charge in [0.15, 0.2) is 0 Å². The van der Waals surface area contributed by atoms with E-state index < -0.39 is 5.82 Å². The van der Waals surface area contributed by atoms with E-state index in [1.54, 1.807) is 31.4 Å². The molecule has 1 aromatic heterocycles. The van der Waals surface area contributed by atoms with Crippen LogP contribution in [-0.4, -0.2) is 29.5 Å². The summed E-state index contributed by atoms with van der Waals surface area (Å²) in [4.78, 5) is 24.7. The van der Waals surface area contributed by atoms with Gasteiger partial charge in [-0.05, 0) is 42.7 Å². The van der Waals surface area contributed by atoms with E-state index in [1.807, 2.05) is 22.8 Å². The zero-order valence-electron chi connectivity index (χ0n) is 17.1. The van der Waals surface area contributed by atoms with Crippen LogP contribution in [0.4, 0.5) is 4.39 Å². The lowest BCUT2D eigenvalue weighted by Crippen LogP contribution is -2.36. The molecule has 1 heterocycles. The number of amides is 2. The molecule has 1 aliphatic rings. The van der Waals surface area contributed by atoms with Crippen molar-refractivity contribution in [2.75, 3.05) is 7.05 Å². The third kappa shape index (κ3) is 4.08. The van der Waals surface area contributed by atoms with Crippen LogP contribution in [-0.2, 0) is 6.54 Å². The molecule has 5 nitrogen and oxygen atoms in total. The third-order valence-electron chi connectivity index (χ3n) is 5.84. The van der Waals surface area contributed by atoms with Crippen LogP contribution in [0.2, 0.25) is 0 Å². The number of nitrogens with zero attached hydrogens (tertiary/aromatic N) is 1. The quantitative estimate of drug-likeness (QED) is 0.664. The molecule has 0 bridgehead atoms. The number of carbonyl (C=O) groups is 2. The van der Waals surface area contributed by atoms with Crippen molar-refractivity contribution in [3.63, 3.8) is 0 Å². The lowest BCUT2D eigenvalue weighted by atomic mass is 9.95. The minimum atomic E-state index is -0.394. The van der Waals surface area contributed by atoms with Crippen LogP contribution < -0.4 is 10.6 Å². The molecule has 4 rings (SSSR count). The van der Waals surface area contributed by atoms with Crippen molar-refractivity contribution >= 4 is 22.7 Å². The second-order valence-corrected chi connectivity index (χ2v) is 7.89. The van der Waals surface area contributed by atoms with E-state index >= 15 is 0 Å². The fourth-order valence-corrected chi connectivity index (χ4v) is 4.22. The number of benzene rings is 2. The maximum Gasteiger partial charge on any atom is 0.253 e. The van der Waals surface area contributed by atoms with E-state index in [4.69, 9.17) is 0 Å². The Balaban J connectivity index is 1.63. The Kier molecular flexibility index (Phi) is 5.84. The topological polar surface area (TPSA) is 63.1 Å². The van der Waals surface area contributed by atoms with Gasteiger partial charge in [0.1, 0.15) is 5.82 Å². The van der Waals surface area contributed by atoms with Crippen LogP contribution in [0.15, 0.2) is 48.7 Å². The van der Waals surface area contributed by atoms with Gasteiger partial charge in [-0.2, -0.15) is 0 Å². The highest BCUT2D eigenvalue weighted by atomic mass is 19.1. The van der Waals surface area contributed by atoms with E-state index in [9.17, 15) is 14.0 Å². The maximum atomic E-state index is 14.7. The summed E-state index contributed by atoms with van der Waals surface area (Å²) in [7, 11) is 1.59. The van der Waals surface area contributed by atoms with Crippen LogP contribution in [0, 0.1) is 5.82 Å². The molecule has 0 aliphatic heterocycles. The molecule has 0 radical (unpaired) electrons. The molecular formula is C24H26FN3O2. The van der Waals surface area contributed by atoms with Gasteiger partial charge in [-0.3, -0.25) is 9.59 Å². The second kappa shape index (κ2) is 8.69. The van der Waals surface area contributed by atoms with Gasteiger partial charge in [0.25, 0.3) is 11.8 Å². The second-order valence-electron chi connectivity index (χ2n) is 7.89. The van der Waals surface area contributed by atoms with Crippen molar-refractivity contribution in [3.05, 3.63) is 71.2 Å². The van der Waals surface area contributed by atoms with Gasteiger partial charge in [-0.15, -0.1) is 0 Å². The largest absolute Gasteiger partial charge is 0.355 e. The number of hydrogen-bond donors (Lipinski definition) is 2. The highest BCUT2D eigenvalue weighted by Gasteiger charge is 2.22. The van der Waals surface area contributed by atoms with Gasteiger partial charge in [-0.25, -0.2) is 4.39 Å². The van der Waals surface area contributed by atoms with E-state index in [1.165, 1.54) is 12.5 Å². The number of nitrogens with one attached hydrogen (secondary N) is 2. The Bertz CT molecular complexity index is 1070. The average molecular weight is 407 g/mol. The molecule has 1 aliphatic carbocycles. The van der Waals surface area contributed by atoms with Crippen molar-refractivity contribution < 1.29 is 14.0 Å². The predicted octanol–water partition coefficient (Wildman–Crippen LogP) is 4.25. The average Bonchev–Trinajstić information content (AvgIpc) is 3.14. The number of halogens is 1. The molecule has 0 unspecified atom stereocenters. The minimum absolute atomic E-state index is 0.142. The molecule has 2 N–H and O–H groups in total. The first-order chi connectivity index (χ1) is 14.6. The molecular weight excluding hydrogens is 381 g/mol. The van der Waals surface area contributed by atoms with Gasteiger partial charge < -0.3 is 15.2 Å². The van der Waals surface area contributed by atoms with Crippen LogP contribution >= 0.6 is 0 Å². The van der Waals surface area contributed by atoms with E-state index in [-0.39, 0.29) is 17.9 Å². The predicted molar refractivity (Wildman–Crippen MR) is 115 cm³/mol. The van der Waals surface area contributed by atoms with Gasteiger partial charge in [0.2, 0.25) is 0 Å². The molecule has 156 valence electrons. The molecule has 0 spiro atoms. The lowest BCUT2D eigenvalue weighted by molar-refractivity contribution is 0.0927. The summed E-state index contributed by atoms with van der Waals surface area (Å²) in [5, 5.41) is 6.05. The highest BCUT2D eigenvalue weighted by molar-refractivity contribution is 6.07. The van der Waals surface area contributed by atoms with Crippen LogP contribution in [0.1, 0.15) is 58.4 Å². The number of aromatic nitrogens is 1. The summed E-state index contributed by atoms with van der Waals surface area (Å²) in [6.07, 6.45) is 7.13. The Morgan fingerprint density at radius 3 is 2.47 bits per heavy atom. The minimum Gasteiger partial charge on any atom is -0.355 e. The lowest BCUT2D eigenvalue weighted by Gasteiger charge is -2.22. The summed E-state index contributed by atoms with van der Waals surface area (Å²) >= 11 is 0. The monoisotopic (exact) mass is 407 g/mol. The SMILES string of the molecule is CNC(=O)c1ccc(Cn2cc(C(=O)NC3CCCCC3)c3c(F)cccc32)cc1. The van der Waals surface area contributed by atoms with Crippen molar-refractivity contribution in [2.45, 2.75) is 44.7 Å². The van der Waals surface area contributed by atoms with Gasteiger partial charge in [0, 0.05) is 36.8 Å². The van der Waals surface area contributed by atoms with Gasteiger partial charge in [-0.1, -0.05) is 37.5 Å². The Morgan fingerprint density at radius 2 is 1.77 bits per heavy atom. The number of rotatable bonds is 5. The third-order valence-corrected chi connectivity index (χ3v) is 5.84. The Morgan fingerprint density at radius 1 is 1.03 bits per heavy atom. The molecule has 0 saturated heterocycles. The molecule has 1 saturated carbocycles. The van der Waals surface area contributed by atoms with Gasteiger partial charge >= 0.3 is 0 Å². The molecule has 2 amide bonds. The fourth-order valence-electron chi connectivity index (χ4n) is 4.22. The van der Waals surface area contributed by atoms with Crippen LogP contribution in [0.25, 0.3) is 10.9 Å². The molecule has 3 aromatic rings. The maximum absolute atomic E-state index is 14.7. The van der Waals surface area contributed by atoms with Crippen LogP contribution in [0.3, 0.4) is 0 Å². The smallest absolute Gasteiger partial charge is 0.253 e.